The molecule has 106 valence electrons. The number of nitrogens with zero attached hydrogens (tertiary/aromatic N) is 2. The Labute approximate surface area is 122 Å². The summed E-state index contributed by atoms with van der Waals surface area (Å²) in [6, 6.07) is 13.7. The van der Waals surface area contributed by atoms with Crippen molar-refractivity contribution < 1.29 is 9.18 Å². The van der Waals surface area contributed by atoms with Gasteiger partial charge in [-0.15, -0.1) is 0 Å². The van der Waals surface area contributed by atoms with Crippen LogP contribution in [-0.2, 0) is 13.0 Å². The average Bonchev–Trinajstić information content (AvgIpc) is 2.86. The molecule has 3 nitrogen and oxygen atoms in total. The standard InChI is InChI=1S/C17H15FN2O/c1-2-17-19-14-9-5-6-10-15(14)20(17)11-16(21)12-7-3-4-8-13(12)18/h3-10H,2,11H2,1H3. The summed E-state index contributed by atoms with van der Waals surface area (Å²) >= 11 is 0. The van der Waals surface area contributed by atoms with Crippen molar-refractivity contribution in [1.82, 2.24) is 9.55 Å². The van der Waals surface area contributed by atoms with Crippen molar-refractivity contribution in [3.8, 4) is 0 Å². The highest BCUT2D eigenvalue weighted by Crippen LogP contribution is 2.18. The molecule has 0 atom stereocenters. The number of rotatable bonds is 4. The maximum atomic E-state index is 13.7. The number of carbonyl (C=O) groups is 1. The van der Waals surface area contributed by atoms with E-state index in [-0.39, 0.29) is 17.9 Å². The van der Waals surface area contributed by atoms with Crippen LogP contribution in [0.4, 0.5) is 4.39 Å². The Morgan fingerprint density at radius 2 is 1.86 bits per heavy atom. The Hall–Kier alpha value is -2.49. The fourth-order valence-corrected chi connectivity index (χ4v) is 2.49. The van der Waals surface area contributed by atoms with E-state index < -0.39 is 5.82 Å². The number of benzene rings is 2. The van der Waals surface area contributed by atoms with Crippen LogP contribution in [0.2, 0.25) is 0 Å². The normalized spacial score (nSPS) is 11.0. The highest BCUT2D eigenvalue weighted by Gasteiger charge is 2.15. The lowest BCUT2D eigenvalue weighted by molar-refractivity contribution is 0.0968. The van der Waals surface area contributed by atoms with E-state index in [1.807, 2.05) is 35.8 Å². The van der Waals surface area contributed by atoms with E-state index in [0.717, 1.165) is 23.3 Å². The molecule has 0 spiro atoms. The zero-order chi connectivity index (χ0) is 14.8. The van der Waals surface area contributed by atoms with E-state index in [0.29, 0.717) is 0 Å². The van der Waals surface area contributed by atoms with Gasteiger partial charge in [-0.3, -0.25) is 4.79 Å². The molecule has 0 radical (unpaired) electrons. The van der Waals surface area contributed by atoms with E-state index in [2.05, 4.69) is 4.98 Å². The van der Waals surface area contributed by atoms with Crippen LogP contribution in [0.5, 0.6) is 0 Å². The first kappa shape index (κ1) is 13.5. The van der Waals surface area contributed by atoms with E-state index >= 15 is 0 Å². The Kier molecular flexibility index (Phi) is 3.52. The molecule has 21 heavy (non-hydrogen) atoms. The van der Waals surface area contributed by atoms with Gasteiger partial charge in [0.1, 0.15) is 11.6 Å². The van der Waals surface area contributed by atoms with Crippen LogP contribution in [0.15, 0.2) is 48.5 Å². The molecule has 0 aliphatic heterocycles. The topological polar surface area (TPSA) is 34.9 Å². The zero-order valence-corrected chi connectivity index (χ0v) is 11.7. The van der Waals surface area contributed by atoms with Gasteiger partial charge in [-0.05, 0) is 24.3 Å². The smallest absolute Gasteiger partial charge is 0.185 e. The van der Waals surface area contributed by atoms with Gasteiger partial charge in [-0.1, -0.05) is 31.2 Å². The molecule has 1 heterocycles. The number of hydrogen-bond acceptors (Lipinski definition) is 2. The molecule has 4 heteroatoms. The molecule has 0 aliphatic carbocycles. The van der Waals surface area contributed by atoms with Crippen molar-refractivity contribution in [1.29, 1.82) is 0 Å². The lowest BCUT2D eigenvalue weighted by Crippen LogP contribution is -2.14. The first-order chi connectivity index (χ1) is 10.2. The molecule has 0 saturated carbocycles. The maximum absolute atomic E-state index is 13.7. The van der Waals surface area contributed by atoms with Gasteiger partial charge in [0.25, 0.3) is 0 Å². The minimum atomic E-state index is -0.482. The molecule has 0 fully saturated rings. The molecule has 1 aromatic heterocycles. The predicted octanol–water partition coefficient (Wildman–Crippen LogP) is 3.62. The number of aromatic nitrogens is 2. The number of Topliss-reactive ketones (excluding diaryl/α,β-unsaturated/α-hetero) is 1. The predicted molar refractivity (Wildman–Crippen MR) is 79.8 cm³/mol. The summed E-state index contributed by atoms with van der Waals surface area (Å²) in [6.07, 6.45) is 0.721. The van der Waals surface area contributed by atoms with Gasteiger partial charge in [-0.2, -0.15) is 0 Å². The van der Waals surface area contributed by atoms with Crippen LogP contribution < -0.4 is 0 Å². The molecule has 0 unspecified atom stereocenters. The average molecular weight is 282 g/mol. The van der Waals surface area contributed by atoms with Gasteiger partial charge >= 0.3 is 0 Å². The Bertz CT molecular complexity index is 807. The zero-order valence-electron chi connectivity index (χ0n) is 11.7. The number of ketones is 1. The molecule has 3 rings (SSSR count). The molecular weight excluding hydrogens is 267 g/mol. The second-order valence-corrected chi connectivity index (χ2v) is 4.86. The van der Waals surface area contributed by atoms with E-state index in [1.54, 1.807) is 12.1 Å². The Morgan fingerprint density at radius 3 is 2.62 bits per heavy atom. The minimum absolute atomic E-state index is 0.102. The molecule has 3 aromatic rings. The maximum Gasteiger partial charge on any atom is 0.185 e. The number of para-hydroxylation sites is 2. The summed E-state index contributed by atoms with van der Waals surface area (Å²) in [5, 5.41) is 0. The highest BCUT2D eigenvalue weighted by atomic mass is 19.1. The molecule has 0 saturated heterocycles. The van der Waals surface area contributed by atoms with Crippen LogP contribution in [0, 0.1) is 5.82 Å². The number of hydrogen-bond donors (Lipinski definition) is 0. The van der Waals surface area contributed by atoms with Crippen molar-refractivity contribution in [2.24, 2.45) is 0 Å². The summed E-state index contributed by atoms with van der Waals surface area (Å²) in [7, 11) is 0. The van der Waals surface area contributed by atoms with Crippen molar-refractivity contribution in [2.45, 2.75) is 19.9 Å². The van der Waals surface area contributed by atoms with Crippen molar-refractivity contribution >= 4 is 16.8 Å². The first-order valence-corrected chi connectivity index (χ1v) is 6.92. The second-order valence-electron chi connectivity index (χ2n) is 4.86. The molecule has 0 N–H and O–H groups in total. The van der Waals surface area contributed by atoms with E-state index in [9.17, 15) is 9.18 Å². The third-order valence-electron chi connectivity index (χ3n) is 3.53. The van der Waals surface area contributed by atoms with Gasteiger partial charge in [0.05, 0.1) is 23.1 Å². The summed E-state index contributed by atoms with van der Waals surface area (Å²) in [5.41, 5.74) is 1.88. The quantitative estimate of drug-likeness (QED) is 0.685. The fourth-order valence-electron chi connectivity index (χ4n) is 2.49. The number of fused-ring (bicyclic) bond motifs is 1. The minimum Gasteiger partial charge on any atom is -0.320 e. The monoisotopic (exact) mass is 282 g/mol. The third kappa shape index (κ3) is 2.44. The van der Waals surface area contributed by atoms with Crippen LogP contribution >= 0.6 is 0 Å². The van der Waals surface area contributed by atoms with Crippen molar-refractivity contribution in [3.63, 3.8) is 0 Å². The van der Waals surface area contributed by atoms with E-state index in [4.69, 9.17) is 0 Å². The molecule has 0 amide bonds. The number of carbonyl (C=O) groups excluding carboxylic acids is 1. The van der Waals surface area contributed by atoms with Gasteiger partial charge in [0, 0.05) is 6.42 Å². The van der Waals surface area contributed by atoms with Crippen molar-refractivity contribution in [3.05, 3.63) is 65.7 Å². The molecule has 0 bridgehead atoms. The molecule has 0 aliphatic rings. The third-order valence-corrected chi connectivity index (χ3v) is 3.53. The largest absolute Gasteiger partial charge is 0.320 e. The number of halogens is 1. The second kappa shape index (κ2) is 5.48. The summed E-state index contributed by atoms with van der Waals surface area (Å²) in [6.45, 7) is 2.09. The van der Waals surface area contributed by atoms with E-state index in [1.165, 1.54) is 12.1 Å². The SMILES string of the molecule is CCc1nc2ccccc2n1CC(=O)c1ccccc1F. The van der Waals surface area contributed by atoms with Crippen LogP contribution in [-0.4, -0.2) is 15.3 Å². The van der Waals surface area contributed by atoms with Gasteiger partial charge < -0.3 is 4.57 Å². The summed E-state index contributed by atoms with van der Waals surface area (Å²) in [5.74, 6) is 0.108. The molecular formula is C17H15FN2O. The van der Waals surface area contributed by atoms with Gasteiger partial charge in [-0.25, -0.2) is 9.37 Å². The van der Waals surface area contributed by atoms with Crippen LogP contribution in [0.1, 0.15) is 23.1 Å². The van der Waals surface area contributed by atoms with Crippen LogP contribution in [0.3, 0.4) is 0 Å². The lowest BCUT2D eigenvalue weighted by atomic mass is 10.1. The van der Waals surface area contributed by atoms with Gasteiger partial charge in [0.15, 0.2) is 5.78 Å². The summed E-state index contributed by atoms with van der Waals surface area (Å²) in [4.78, 5) is 16.9. The summed E-state index contributed by atoms with van der Waals surface area (Å²) < 4.78 is 15.6. The first-order valence-electron chi connectivity index (χ1n) is 6.92. The number of aryl methyl sites for hydroxylation is 1. The molecule has 2 aromatic carbocycles. The van der Waals surface area contributed by atoms with Crippen molar-refractivity contribution in [2.75, 3.05) is 0 Å². The Balaban J connectivity index is 2.02. The Morgan fingerprint density at radius 1 is 1.14 bits per heavy atom. The highest BCUT2D eigenvalue weighted by molar-refractivity contribution is 5.97. The fraction of sp³-hybridized carbons (Fsp3) is 0.176. The van der Waals surface area contributed by atoms with Gasteiger partial charge in [0.2, 0.25) is 0 Å². The van der Waals surface area contributed by atoms with Crippen LogP contribution in [0.25, 0.3) is 11.0 Å². The lowest BCUT2D eigenvalue weighted by Gasteiger charge is -2.08. The number of imidazole rings is 1.